The van der Waals surface area contributed by atoms with Gasteiger partial charge in [0.25, 0.3) is 0 Å². The van der Waals surface area contributed by atoms with Gasteiger partial charge in [-0.25, -0.2) is 0 Å². The average Bonchev–Trinajstić information content (AvgIpc) is 3.17. The summed E-state index contributed by atoms with van der Waals surface area (Å²) in [6.07, 6.45) is 4.79. The van der Waals surface area contributed by atoms with Crippen LogP contribution in [0.5, 0.6) is 0 Å². The zero-order valence-corrected chi connectivity index (χ0v) is 13.8. The van der Waals surface area contributed by atoms with Crippen molar-refractivity contribution in [1.29, 1.82) is 0 Å². The van der Waals surface area contributed by atoms with Crippen LogP contribution in [-0.2, 0) is 4.79 Å². The van der Waals surface area contributed by atoms with Gasteiger partial charge in [0, 0.05) is 29.4 Å². The molecule has 2 aromatic carbocycles. The Hall–Kier alpha value is -3.07. The Bertz CT molecular complexity index is 895. The lowest BCUT2D eigenvalue weighted by Crippen LogP contribution is -2.16. The number of ketones is 1. The van der Waals surface area contributed by atoms with E-state index in [0.717, 1.165) is 29.1 Å². The molecule has 3 aromatic rings. The Morgan fingerprint density at radius 3 is 2.48 bits per heavy atom. The fraction of sp³-hybridized carbons (Fsp3) is 0.136. The minimum atomic E-state index is 0.165. The second-order valence-corrected chi connectivity index (χ2v) is 6.30. The summed E-state index contributed by atoms with van der Waals surface area (Å²) in [5.41, 5.74) is 4.10. The van der Waals surface area contributed by atoms with Crippen LogP contribution < -0.4 is 5.32 Å². The highest BCUT2D eigenvalue weighted by atomic mass is 16.3. The number of hydrogen-bond donors (Lipinski definition) is 1. The van der Waals surface area contributed by atoms with Gasteiger partial charge in [0.1, 0.15) is 5.76 Å². The molecule has 0 amide bonds. The number of benzene rings is 2. The minimum absolute atomic E-state index is 0.165. The lowest BCUT2D eigenvalue weighted by Gasteiger charge is -2.24. The average molecular weight is 329 g/mol. The molecule has 1 aromatic heterocycles. The van der Waals surface area contributed by atoms with Crippen molar-refractivity contribution < 1.29 is 9.21 Å². The van der Waals surface area contributed by atoms with Gasteiger partial charge in [0.15, 0.2) is 5.78 Å². The first kappa shape index (κ1) is 15.5. The van der Waals surface area contributed by atoms with Gasteiger partial charge in [-0.05, 0) is 42.2 Å². The van der Waals surface area contributed by atoms with Crippen molar-refractivity contribution >= 4 is 11.5 Å². The standard InChI is InChI=1S/C22H19NO2/c24-19-14-17(16-7-2-1-3-8-16)13-18(15-19)23-21-10-5-4-9-20(21)22-11-6-12-25-22/h1-12,15,17,23H,13-14H2. The Morgan fingerprint density at radius 1 is 0.880 bits per heavy atom. The third-order valence-corrected chi connectivity index (χ3v) is 4.53. The second kappa shape index (κ2) is 6.81. The lowest BCUT2D eigenvalue weighted by atomic mass is 9.85. The first-order valence-corrected chi connectivity index (χ1v) is 8.48. The molecule has 3 nitrogen and oxygen atoms in total. The van der Waals surface area contributed by atoms with Gasteiger partial charge in [0.2, 0.25) is 0 Å². The molecule has 4 rings (SSSR count). The van der Waals surface area contributed by atoms with Crippen LogP contribution in [0.15, 0.2) is 89.2 Å². The third-order valence-electron chi connectivity index (χ3n) is 4.53. The van der Waals surface area contributed by atoms with Crippen LogP contribution in [0.25, 0.3) is 11.3 Å². The van der Waals surface area contributed by atoms with Crippen LogP contribution >= 0.6 is 0 Å². The molecule has 0 spiro atoms. The minimum Gasteiger partial charge on any atom is -0.464 e. The van der Waals surface area contributed by atoms with Crippen molar-refractivity contribution in [2.75, 3.05) is 5.32 Å². The SMILES string of the molecule is O=C1C=C(Nc2ccccc2-c2ccco2)CC(c2ccccc2)C1. The highest BCUT2D eigenvalue weighted by molar-refractivity contribution is 5.93. The number of rotatable bonds is 4. The fourth-order valence-electron chi connectivity index (χ4n) is 3.35. The molecule has 0 saturated carbocycles. The van der Waals surface area contributed by atoms with E-state index in [1.807, 2.05) is 54.6 Å². The monoisotopic (exact) mass is 329 g/mol. The van der Waals surface area contributed by atoms with Crippen molar-refractivity contribution in [3.05, 3.63) is 90.3 Å². The number of furan rings is 1. The molecule has 0 saturated heterocycles. The number of para-hydroxylation sites is 1. The molecule has 1 heterocycles. The molecule has 0 aliphatic heterocycles. The maximum atomic E-state index is 12.2. The molecule has 0 bridgehead atoms. The first-order valence-electron chi connectivity index (χ1n) is 8.48. The van der Waals surface area contributed by atoms with Crippen LogP contribution in [0.2, 0.25) is 0 Å². The van der Waals surface area contributed by atoms with E-state index in [4.69, 9.17) is 4.42 Å². The van der Waals surface area contributed by atoms with Crippen molar-refractivity contribution in [2.24, 2.45) is 0 Å². The van der Waals surface area contributed by atoms with Crippen LogP contribution in [0.4, 0.5) is 5.69 Å². The van der Waals surface area contributed by atoms with Gasteiger partial charge >= 0.3 is 0 Å². The quantitative estimate of drug-likeness (QED) is 0.698. The summed E-state index contributed by atoms with van der Waals surface area (Å²) in [4.78, 5) is 12.2. The number of carbonyl (C=O) groups is 1. The second-order valence-electron chi connectivity index (χ2n) is 6.30. The van der Waals surface area contributed by atoms with Gasteiger partial charge < -0.3 is 9.73 Å². The van der Waals surface area contributed by atoms with Gasteiger partial charge in [-0.1, -0.05) is 42.5 Å². The molecule has 3 heteroatoms. The molecular formula is C22H19NO2. The van der Waals surface area contributed by atoms with Crippen LogP contribution in [0.3, 0.4) is 0 Å². The molecule has 1 atom stereocenters. The number of hydrogen-bond acceptors (Lipinski definition) is 3. The van der Waals surface area contributed by atoms with Crippen LogP contribution in [-0.4, -0.2) is 5.78 Å². The molecule has 124 valence electrons. The zero-order chi connectivity index (χ0) is 17.1. The number of anilines is 1. The molecule has 1 aliphatic carbocycles. The fourth-order valence-corrected chi connectivity index (χ4v) is 3.35. The molecule has 1 unspecified atom stereocenters. The Morgan fingerprint density at radius 2 is 1.68 bits per heavy atom. The maximum absolute atomic E-state index is 12.2. The normalized spacial score (nSPS) is 17.2. The molecule has 0 radical (unpaired) electrons. The van der Waals surface area contributed by atoms with E-state index >= 15 is 0 Å². The summed E-state index contributed by atoms with van der Waals surface area (Å²) < 4.78 is 5.53. The van der Waals surface area contributed by atoms with Crippen molar-refractivity contribution in [1.82, 2.24) is 0 Å². The van der Waals surface area contributed by atoms with Crippen molar-refractivity contribution in [3.63, 3.8) is 0 Å². The smallest absolute Gasteiger partial charge is 0.158 e. The summed E-state index contributed by atoms with van der Waals surface area (Å²) in [5, 5.41) is 3.45. The predicted molar refractivity (Wildman–Crippen MR) is 99.3 cm³/mol. The van der Waals surface area contributed by atoms with Gasteiger partial charge in [-0.2, -0.15) is 0 Å². The molecule has 25 heavy (non-hydrogen) atoms. The summed E-state index contributed by atoms with van der Waals surface area (Å²) in [6.45, 7) is 0. The first-order chi connectivity index (χ1) is 12.3. The predicted octanol–water partition coefficient (Wildman–Crippen LogP) is 5.39. The van der Waals surface area contributed by atoms with E-state index in [0.29, 0.717) is 6.42 Å². The number of nitrogens with one attached hydrogen (secondary N) is 1. The Balaban J connectivity index is 1.60. The Labute approximate surface area is 147 Å². The van der Waals surface area contributed by atoms with E-state index in [-0.39, 0.29) is 11.7 Å². The third kappa shape index (κ3) is 3.41. The molecular weight excluding hydrogens is 310 g/mol. The summed E-state index contributed by atoms with van der Waals surface area (Å²) in [6, 6.07) is 22.0. The van der Waals surface area contributed by atoms with Crippen LogP contribution in [0, 0.1) is 0 Å². The summed E-state index contributed by atoms with van der Waals surface area (Å²) in [7, 11) is 0. The highest BCUT2D eigenvalue weighted by Gasteiger charge is 2.22. The highest BCUT2D eigenvalue weighted by Crippen LogP contribution is 2.34. The zero-order valence-electron chi connectivity index (χ0n) is 13.8. The summed E-state index contributed by atoms with van der Waals surface area (Å²) in [5.74, 6) is 1.19. The van der Waals surface area contributed by atoms with Gasteiger partial charge in [-0.3, -0.25) is 4.79 Å². The van der Waals surface area contributed by atoms with Gasteiger partial charge in [-0.15, -0.1) is 0 Å². The lowest BCUT2D eigenvalue weighted by molar-refractivity contribution is -0.115. The topological polar surface area (TPSA) is 42.2 Å². The summed E-state index contributed by atoms with van der Waals surface area (Å²) >= 11 is 0. The van der Waals surface area contributed by atoms with E-state index in [2.05, 4.69) is 17.4 Å². The van der Waals surface area contributed by atoms with E-state index < -0.39 is 0 Å². The van der Waals surface area contributed by atoms with Crippen molar-refractivity contribution in [2.45, 2.75) is 18.8 Å². The number of carbonyl (C=O) groups excluding carboxylic acids is 1. The largest absolute Gasteiger partial charge is 0.464 e. The van der Waals surface area contributed by atoms with Gasteiger partial charge in [0.05, 0.1) is 6.26 Å². The van der Waals surface area contributed by atoms with Crippen LogP contribution in [0.1, 0.15) is 24.3 Å². The number of allylic oxidation sites excluding steroid dienone is 2. The van der Waals surface area contributed by atoms with E-state index in [1.165, 1.54) is 5.56 Å². The molecule has 0 fully saturated rings. The Kier molecular flexibility index (Phi) is 4.21. The van der Waals surface area contributed by atoms with E-state index in [1.54, 1.807) is 12.3 Å². The van der Waals surface area contributed by atoms with E-state index in [9.17, 15) is 4.79 Å². The maximum Gasteiger partial charge on any atom is 0.158 e. The molecule has 1 N–H and O–H groups in total. The molecule has 1 aliphatic rings. The van der Waals surface area contributed by atoms with Crippen molar-refractivity contribution in [3.8, 4) is 11.3 Å².